The van der Waals surface area contributed by atoms with Crippen molar-refractivity contribution in [2.75, 3.05) is 11.5 Å². The summed E-state index contributed by atoms with van der Waals surface area (Å²) in [5, 5.41) is 25.7. The van der Waals surface area contributed by atoms with Crippen molar-refractivity contribution >= 4 is 57.9 Å². The van der Waals surface area contributed by atoms with Gasteiger partial charge in [-0.15, -0.1) is 23.1 Å². The third-order valence-corrected chi connectivity index (χ3v) is 7.62. The Bertz CT molecular complexity index is 1360. The summed E-state index contributed by atoms with van der Waals surface area (Å²) in [7, 11) is 0. The fraction of sp³-hybridized carbons (Fsp3) is 0.381. The van der Waals surface area contributed by atoms with Crippen LogP contribution in [0.15, 0.2) is 34.4 Å². The number of thiazole rings is 1. The summed E-state index contributed by atoms with van der Waals surface area (Å²) in [5.41, 5.74) is 4.11. The number of rotatable bonds is 9. The second-order valence-electron chi connectivity index (χ2n) is 8.66. The highest BCUT2D eigenvalue weighted by Crippen LogP contribution is 2.41. The molecule has 38 heavy (non-hydrogen) atoms. The number of nitrogens with two attached hydrogens (primary N) is 1. The van der Waals surface area contributed by atoms with E-state index in [-0.39, 0.29) is 29.0 Å². The lowest BCUT2D eigenvalue weighted by Crippen LogP contribution is -2.70. The maximum absolute atomic E-state index is 13.2. The van der Waals surface area contributed by atoms with Gasteiger partial charge in [0.25, 0.3) is 11.8 Å². The standard InChI is InChI=1S/C21H23N7O8S2/c1-9-23-4-5-27(9)6-10-7-37-17-13(15(30)28(17)16(10)35-20(33)34)25-14(29)12(11-8-38-19(22)24-11)26-36-21(2,3)18(31)32/h4-5,8,13,17H,6-7H2,1-3H3,(H2,22,24)(H,25,29)(H,31,32)(H,33,34)/t13?,17-/m0/s1. The number of nitrogens with one attached hydrogen (secondary N) is 1. The summed E-state index contributed by atoms with van der Waals surface area (Å²) < 4.78 is 6.77. The number of β-lactam (4-membered cyclic amide) rings is 1. The molecule has 1 unspecified atom stereocenters. The first-order chi connectivity index (χ1) is 17.9. The van der Waals surface area contributed by atoms with Crippen LogP contribution >= 0.6 is 23.1 Å². The number of nitrogens with zero attached hydrogens (tertiary/aromatic N) is 5. The number of oxime groups is 1. The number of imidazole rings is 1. The minimum atomic E-state index is -1.76. The van der Waals surface area contributed by atoms with Crippen LogP contribution in [0.3, 0.4) is 0 Å². The fourth-order valence-electron chi connectivity index (χ4n) is 3.50. The molecule has 0 aromatic carbocycles. The molecule has 0 aliphatic carbocycles. The van der Waals surface area contributed by atoms with Crippen LogP contribution in [-0.2, 0) is 30.5 Å². The van der Waals surface area contributed by atoms with E-state index in [1.165, 1.54) is 35.9 Å². The number of hydrogen-bond donors (Lipinski definition) is 4. The Morgan fingerprint density at radius 2 is 2.08 bits per heavy atom. The van der Waals surface area contributed by atoms with E-state index in [0.29, 0.717) is 17.2 Å². The zero-order valence-corrected chi connectivity index (χ0v) is 21.9. The number of aromatic nitrogens is 3. The number of fused-ring (bicyclic) bond motifs is 1. The van der Waals surface area contributed by atoms with Crippen LogP contribution in [-0.4, -0.2) is 82.1 Å². The van der Waals surface area contributed by atoms with E-state index < -0.39 is 41.0 Å². The smallest absolute Gasteiger partial charge is 0.478 e. The number of ether oxygens (including phenoxy) is 1. The van der Waals surface area contributed by atoms with Gasteiger partial charge in [0.05, 0.1) is 6.54 Å². The van der Waals surface area contributed by atoms with Gasteiger partial charge in [-0.2, -0.15) is 0 Å². The number of carboxylic acids is 1. The number of hydrogen-bond acceptors (Lipinski definition) is 12. The number of amides is 2. The first-order valence-corrected chi connectivity index (χ1v) is 12.9. The normalized spacial score (nSPS) is 19.5. The topological polar surface area (TPSA) is 212 Å². The monoisotopic (exact) mass is 565 g/mol. The minimum absolute atomic E-state index is 0.0268. The number of anilines is 1. The van der Waals surface area contributed by atoms with Crippen LogP contribution in [0.4, 0.5) is 9.93 Å². The van der Waals surface area contributed by atoms with Crippen LogP contribution in [0.1, 0.15) is 25.4 Å². The molecule has 0 saturated carbocycles. The number of aryl methyl sites for hydroxylation is 1. The van der Waals surface area contributed by atoms with Crippen molar-refractivity contribution in [3.8, 4) is 0 Å². The van der Waals surface area contributed by atoms with Gasteiger partial charge in [0.1, 0.15) is 22.9 Å². The van der Waals surface area contributed by atoms with Gasteiger partial charge in [0.2, 0.25) is 11.5 Å². The lowest BCUT2D eigenvalue weighted by molar-refractivity contribution is -0.161. The highest BCUT2D eigenvalue weighted by molar-refractivity contribution is 8.00. The Morgan fingerprint density at radius 1 is 1.34 bits per heavy atom. The molecule has 202 valence electrons. The molecule has 1 fully saturated rings. The summed E-state index contributed by atoms with van der Waals surface area (Å²) in [6, 6.07) is -1.05. The predicted octanol–water partition coefficient (Wildman–Crippen LogP) is 0.820. The lowest BCUT2D eigenvalue weighted by Gasteiger charge is -2.49. The molecule has 1 saturated heterocycles. The van der Waals surface area contributed by atoms with Gasteiger partial charge in [-0.25, -0.2) is 19.6 Å². The van der Waals surface area contributed by atoms with E-state index in [1.807, 2.05) is 0 Å². The Morgan fingerprint density at radius 3 is 2.66 bits per heavy atom. The quantitative estimate of drug-likeness (QED) is 0.144. The van der Waals surface area contributed by atoms with Gasteiger partial charge in [0.15, 0.2) is 10.8 Å². The third-order valence-electron chi connectivity index (χ3n) is 5.61. The van der Waals surface area contributed by atoms with Crippen LogP contribution in [0, 0.1) is 6.92 Å². The molecular weight excluding hydrogens is 542 g/mol. The molecule has 2 aromatic rings. The average molecular weight is 566 g/mol. The summed E-state index contributed by atoms with van der Waals surface area (Å²) in [6.07, 6.45) is 1.74. The minimum Gasteiger partial charge on any atom is -0.478 e. The van der Waals surface area contributed by atoms with Crippen molar-refractivity contribution in [1.29, 1.82) is 0 Å². The summed E-state index contributed by atoms with van der Waals surface area (Å²) in [6.45, 7) is 4.53. The third kappa shape index (κ3) is 5.28. The Kier molecular flexibility index (Phi) is 7.32. The molecule has 2 amide bonds. The number of aliphatic carboxylic acids is 1. The number of carboxylic acid groups (broad SMARTS) is 2. The maximum atomic E-state index is 13.2. The molecule has 17 heteroatoms. The van der Waals surface area contributed by atoms with Crippen molar-refractivity contribution in [2.24, 2.45) is 5.16 Å². The molecule has 4 heterocycles. The number of carbonyl (C=O) groups excluding carboxylic acids is 2. The summed E-state index contributed by atoms with van der Waals surface area (Å²) in [4.78, 5) is 63.5. The van der Waals surface area contributed by atoms with Crippen molar-refractivity contribution in [2.45, 2.75) is 44.3 Å². The number of carbonyl (C=O) groups is 4. The Hall–Kier alpha value is -4.12. The highest BCUT2D eigenvalue weighted by Gasteiger charge is 2.54. The molecule has 15 nitrogen and oxygen atoms in total. The zero-order valence-electron chi connectivity index (χ0n) is 20.3. The first-order valence-electron chi connectivity index (χ1n) is 11.0. The molecule has 2 aliphatic rings. The van der Waals surface area contributed by atoms with Crippen molar-refractivity contribution in [3.05, 3.63) is 40.7 Å². The van der Waals surface area contributed by atoms with Gasteiger partial charge >= 0.3 is 12.1 Å². The zero-order chi connectivity index (χ0) is 27.8. The molecule has 0 bridgehead atoms. The molecule has 2 aliphatic heterocycles. The van der Waals surface area contributed by atoms with E-state index in [4.69, 9.17) is 15.3 Å². The van der Waals surface area contributed by atoms with Crippen LogP contribution < -0.4 is 11.1 Å². The first kappa shape index (κ1) is 26.9. The fourth-order valence-corrected chi connectivity index (χ4v) is 5.36. The van der Waals surface area contributed by atoms with Gasteiger partial charge in [-0.1, -0.05) is 5.16 Å². The highest BCUT2D eigenvalue weighted by atomic mass is 32.2. The predicted molar refractivity (Wildman–Crippen MR) is 134 cm³/mol. The van der Waals surface area contributed by atoms with Crippen LogP contribution in [0.25, 0.3) is 0 Å². The maximum Gasteiger partial charge on any atom is 0.512 e. The van der Waals surface area contributed by atoms with Gasteiger partial charge in [0, 0.05) is 29.1 Å². The van der Waals surface area contributed by atoms with Crippen molar-refractivity contribution < 1.29 is 39.0 Å². The van der Waals surface area contributed by atoms with Gasteiger partial charge < -0.3 is 35.4 Å². The Labute approximate surface area is 223 Å². The van der Waals surface area contributed by atoms with Gasteiger partial charge in [-0.05, 0) is 20.8 Å². The van der Waals surface area contributed by atoms with Crippen molar-refractivity contribution in [1.82, 2.24) is 24.8 Å². The molecule has 2 atom stereocenters. The summed E-state index contributed by atoms with van der Waals surface area (Å²) in [5.74, 6) is -1.88. The molecule has 0 spiro atoms. The van der Waals surface area contributed by atoms with E-state index in [9.17, 15) is 29.4 Å². The number of nitrogen functional groups attached to an aromatic ring is 1. The molecule has 0 radical (unpaired) electrons. The molecular formula is C21H23N7O8S2. The molecule has 2 aromatic heterocycles. The van der Waals surface area contributed by atoms with E-state index >= 15 is 0 Å². The lowest BCUT2D eigenvalue weighted by atomic mass is 10.1. The van der Waals surface area contributed by atoms with Crippen molar-refractivity contribution in [3.63, 3.8) is 0 Å². The van der Waals surface area contributed by atoms with E-state index in [0.717, 1.165) is 11.3 Å². The van der Waals surface area contributed by atoms with Gasteiger partial charge in [-0.3, -0.25) is 14.5 Å². The van der Waals surface area contributed by atoms with E-state index in [2.05, 4.69) is 20.4 Å². The Balaban J connectivity index is 1.56. The van der Waals surface area contributed by atoms with Crippen LogP contribution in [0.2, 0.25) is 0 Å². The average Bonchev–Trinajstić information content (AvgIpc) is 3.45. The number of thioether (sulfide) groups is 1. The SMILES string of the molecule is Cc1nccn1CC1=C(OC(=O)O)N2C(=O)C(NC(=O)C(=NOC(C)(C)C(=O)O)c3csc(N)n3)[C@@H]2SC1. The second-order valence-corrected chi connectivity index (χ2v) is 10.7. The van der Waals surface area contributed by atoms with Crippen LogP contribution in [0.5, 0.6) is 0 Å². The second kappa shape index (κ2) is 10.3. The molecule has 5 N–H and O–H groups in total. The van der Waals surface area contributed by atoms with E-state index in [1.54, 1.807) is 23.9 Å². The largest absolute Gasteiger partial charge is 0.512 e. The summed E-state index contributed by atoms with van der Waals surface area (Å²) >= 11 is 2.34. The molecule has 4 rings (SSSR count).